The molecule has 8 nitrogen and oxygen atoms in total. The summed E-state index contributed by atoms with van der Waals surface area (Å²) in [5.74, 6) is -0.314. The number of aromatic nitrogens is 2. The van der Waals surface area contributed by atoms with Gasteiger partial charge in [0.15, 0.2) is 0 Å². The zero-order chi connectivity index (χ0) is 15.8. The fraction of sp³-hybridized carbons (Fsp3) is 0.615. The van der Waals surface area contributed by atoms with E-state index in [2.05, 4.69) is 5.32 Å². The molecule has 118 valence electrons. The number of nitrogens with zero attached hydrogens (tertiary/aromatic N) is 2. The lowest BCUT2D eigenvalue weighted by Crippen LogP contribution is -2.43. The highest BCUT2D eigenvalue weighted by Crippen LogP contribution is 1.86. The summed E-state index contributed by atoms with van der Waals surface area (Å²) >= 11 is 0. The Kier molecular flexibility index (Phi) is 6.83. The van der Waals surface area contributed by atoms with Crippen LogP contribution in [0.25, 0.3) is 0 Å². The van der Waals surface area contributed by atoms with Gasteiger partial charge < -0.3 is 15.8 Å². The van der Waals surface area contributed by atoms with E-state index in [9.17, 15) is 14.4 Å². The van der Waals surface area contributed by atoms with Crippen LogP contribution in [0.4, 0.5) is 0 Å². The maximum atomic E-state index is 12.1. The average Bonchev–Trinajstić information content (AvgIpc) is 2.42. The van der Waals surface area contributed by atoms with E-state index < -0.39 is 11.2 Å². The monoisotopic (exact) mass is 298 g/mol. The van der Waals surface area contributed by atoms with E-state index in [-0.39, 0.29) is 25.0 Å². The predicted octanol–water partition coefficient (Wildman–Crippen LogP) is -1.49. The van der Waals surface area contributed by atoms with E-state index in [1.165, 1.54) is 16.8 Å². The van der Waals surface area contributed by atoms with Gasteiger partial charge in [-0.3, -0.25) is 18.7 Å². The van der Waals surface area contributed by atoms with Gasteiger partial charge in [0, 0.05) is 32.0 Å². The second kappa shape index (κ2) is 8.38. The summed E-state index contributed by atoms with van der Waals surface area (Å²) < 4.78 is 7.20. The third-order valence-corrected chi connectivity index (χ3v) is 2.86. The molecule has 0 spiro atoms. The number of methoxy groups -OCH3 is 1. The second-order valence-electron chi connectivity index (χ2n) is 4.78. The number of carbonyl (C=O) groups excluding carboxylic acids is 1. The van der Waals surface area contributed by atoms with E-state index in [1.54, 1.807) is 14.0 Å². The smallest absolute Gasteiger partial charge is 0.331 e. The van der Waals surface area contributed by atoms with Gasteiger partial charge in [0.05, 0.1) is 6.61 Å². The van der Waals surface area contributed by atoms with Gasteiger partial charge in [0.1, 0.15) is 6.54 Å². The Hall–Kier alpha value is -1.93. The van der Waals surface area contributed by atoms with Crippen LogP contribution in [0.3, 0.4) is 0 Å². The van der Waals surface area contributed by atoms with Crippen molar-refractivity contribution >= 4 is 5.91 Å². The van der Waals surface area contributed by atoms with Crippen molar-refractivity contribution in [2.75, 3.05) is 20.3 Å². The summed E-state index contributed by atoms with van der Waals surface area (Å²) in [6, 6.07) is 1.12. The van der Waals surface area contributed by atoms with Gasteiger partial charge in [-0.05, 0) is 19.9 Å². The molecule has 0 aliphatic heterocycles. The van der Waals surface area contributed by atoms with E-state index in [0.29, 0.717) is 19.6 Å². The minimum Gasteiger partial charge on any atom is -0.383 e. The fourth-order valence-electron chi connectivity index (χ4n) is 1.90. The molecule has 0 saturated carbocycles. The summed E-state index contributed by atoms with van der Waals surface area (Å²) in [6.07, 6.45) is 1.85. The second-order valence-corrected chi connectivity index (χ2v) is 4.78. The maximum Gasteiger partial charge on any atom is 0.331 e. The van der Waals surface area contributed by atoms with Crippen molar-refractivity contribution in [2.24, 2.45) is 5.73 Å². The van der Waals surface area contributed by atoms with Gasteiger partial charge in [0.25, 0.3) is 5.56 Å². The summed E-state index contributed by atoms with van der Waals surface area (Å²) in [5.41, 5.74) is 4.48. The molecule has 1 unspecified atom stereocenters. The van der Waals surface area contributed by atoms with Crippen molar-refractivity contribution in [1.29, 1.82) is 0 Å². The zero-order valence-electron chi connectivity index (χ0n) is 12.4. The molecule has 1 aromatic rings. The predicted molar refractivity (Wildman–Crippen MR) is 78.1 cm³/mol. The minimum atomic E-state index is -0.509. The van der Waals surface area contributed by atoms with E-state index in [1.807, 2.05) is 0 Å². The van der Waals surface area contributed by atoms with Crippen molar-refractivity contribution in [3.63, 3.8) is 0 Å². The van der Waals surface area contributed by atoms with Crippen molar-refractivity contribution in [2.45, 2.75) is 32.5 Å². The molecule has 1 amide bonds. The third kappa shape index (κ3) is 5.16. The molecule has 1 heterocycles. The number of nitrogens with one attached hydrogen (secondary N) is 1. The van der Waals surface area contributed by atoms with Crippen LogP contribution in [0, 0.1) is 0 Å². The summed E-state index contributed by atoms with van der Waals surface area (Å²) in [7, 11) is 1.54. The molecule has 0 radical (unpaired) electrons. The Morgan fingerprint density at radius 3 is 2.81 bits per heavy atom. The Balaban J connectivity index is 2.82. The van der Waals surface area contributed by atoms with Gasteiger partial charge >= 0.3 is 5.69 Å². The SMILES string of the molecule is COCC(C)NC(=O)Cn1ccc(=O)n(CCCN)c1=O. The molecule has 3 N–H and O–H groups in total. The van der Waals surface area contributed by atoms with Gasteiger partial charge in [0.2, 0.25) is 5.91 Å². The van der Waals surface area contributed by atoms with Crippen LogP contribution < -0.4 is 22.3 Å². The van der Waals surface area contributed by atoms with Gasteiger partial charge in [-0.1, -0.05) is 0 Å². The first-order chi connectivity index (χ1) is 9.99. The largest absolute Gasteiger partial charge is 0.383 e. The number of hydrogen-bond donors (Lipinski definition) is 2. The van der Waals surface area contributed by atoms with Crippen molar-refractivity contribution in [3.8, 4) is 0 Å². The molecule has 1 atom stereocenters. The molecule has 8 heteroatoms. The Labute approximate surface area is 122 Å². The van der Waals surface area contributed by atoms with Crippen molar-refractivity contribution in [3.05, 3.63) is 33.1 Å². The molecule has 0 bridgehead atoms. The van der Waals surface area contributed by atoms with Crippen LogP contribution >= 0.6 is 0 Å². The molecule has 0 fully saturated rings. The Morgan fingerprint density at radius 1 is 1.48 bits per heavy atom. The Morgan fingerprint density at radius 2 is 2.19 bits per heavy atom. The molecule has 1 rings (SSSR count). The lowest BCUT2D eigenvalue weighted by molar-refractivity contribution is -0.122. The quantitative estimate of drug-likeness (QED) is 0.608. The minimum absolute atomic E-state index is 0.143. The molecule has 0 saturated heterocycles. The normalized spacial score (nSPS) is 12.1. The van der Waals surface area contributed by atoms with Crippen LogP contribution in [0.5, 0.6) is 0 Å². The number of rotatable bonds is 8. The summed E-state index contributed by atoms with van der Waals surface area (Å²) in [5, 5.41) is 2.70. The lowest BCUT2D eigenvalue weighted by Gasteiger charge is -2.14. The molecule has 0 aliphatic carbocycles. The van der Waals surface area contributed by atoms with Crippen LogP contribution in [-0.2, 0) is 22.6 Å². The van der Waals surface area contributed by atoms with Crippen LogP contribution in [0.15, 0.2) is 21.9 Å². The molecule has 1 aromatic heterocycles. The molecular weight excluding hydrogens is 276 g/mol. The van der Waals surface area contributed by atoms with Gasteiger partial charge in [-0.15, -0.1) is 0 Å². The topological polar surface area (TPSA) is 108 Å². The van der Waals surface area contributed by atoms with E-state index in [4.69, 9.17) is 10.5 Å². The standard InChI is InChI=1S/C13H22N4O4/c1-10(9-21-2)15-11(18)8-16-7-4-12(19)17(13(16)20)6-3-5-14/h4,7,10H,3,5-6,8-9,14H2,1-2H3,(H,15,18). The molecule has 21 heavy (non-hydrogen) atoms. The first kappa shape index (κ1) is 17.1. The average molecular weight is 298 g/mol. The summed E-state index contributed by atoms with van der Waals surface area (Å²) in [4.78, 5) is 35.6. The molecular formula is C13H22N4O4. The highest BCUT2D eigenvalue weighted by atomic mass is 16.5. The molecule has 0 aromatic carbocycles. The van der Waals surface area contributed by atoms with Crippen LogP contribution in [-0.4, -0.2) is 41.3 Å². The van der Waals surface area contributed by atoms with E-state index in [0.717, 1.165) is 4.57 Å². The van der Waals surface area contributed by atoms with Crippen molar-refractivity contribution < 1.29 is 9.53 Å². The lowest BCUT2D eigenvalue weighted by atomic mass is 10.3. The fourth-order valence-corrected chi connectivity index (χ4v) is 1.90. The van der Waals surface area contributed by atoms with Crippen molar-refractivity contribution in [1.82, 2.24) is 14.5 Å². The number of amides is 1. The number of ether oxygens (including phenoxy) is 1. The van der Waals surface area contributed by atoms with Crippen LogP contribution in [0.2, 0.25) is 0 Å². The van der Waals surface area contributed by atoms with Crippen LogP contribution in [0.1, 0.15) is 13.3 Å². The maximum absolute atomic E-state index is 12.1. The van der Waals surface area contributed by atoms with Gasteiger partial charge in [-0.2, -0.15) is 0 Å². The number of carbonyl (C=O) groups is 1. The number of nitrogens with two attached hydrogens (primary N) is 1. The third-order valence-electron chi connectivity index (χ3n) is 2.86. The van der Waals surface area contributed by atoms with Gasteiger partial charge in [-0.25, -0.2) is 4.79 Å². The summed E-state index contributed by atoms with van der Waals surface area (Å²) in [6.45, 7) is 2.67. The number of hydrogen-bond acceptors (Lipinski definition) is 5. The van der Waals surface area contributed by atoms with E-state index >= 15 is 0 Å². The highest BCUT2D eigenvalue weighted by Gasteiger charge is 2.11. The first-order valence-electron chi connectivity index (χ1n) is 6.78. The zero-order valence-corrected chi connectivity index (χ0v) is 12.4. The molecule has 0 aliphatic rings. The first-order valence-corrected chi connectivity index (χ1v) is 6.78. The highest BCUT2D eigenvalue weighted by molar-refractivity contribution is 5.75. The Bertz CT molecular complexity index is 578.